The van der Waals surface area contributed by atoms with E-state index in [0.717, 1.165) is 23.5 Å². The van der Waals surface area contributed by atoms with Crippen molar-refractivity contribution in [2.24, 2.45) is 5.73 Å². The second-order valence-corrected chi connectivity index (χ2v) is 4.18. The van der Waals surface area contributed by atoms with Crippen LogP contribution in [0.3, 0.4) is 0 Å². The number of nitrogens with two attached hydrogens (primary N) is 1. The Labute approximate surface area is 109 Å². The van der Waals surface area contributed by atoms with Gasteiger partial charge in [-0.25, -0.2) is 0 Å². The van der Waals surface area contributed by atoms with Gasteiger partial charge in [-0.3, -0.25) is 0 Å². The fourth-order valence-corrected chi connectivity index (χ4v) is 2.01. The average molecular weight is 258 g/mol. The van der Waals surface area contributed by atoms with Gasteiger partial charge >= 0.3 is 0 Å². The van der Waals surface area contributed by atoms with Crippen molar-refractivity contribution in [1.29, 1.82) is 0 Å². The summed E-state index contributed by atoms with van der Waals surface area (Å²) < 4.78 is 10.8. The Morgan fingerprint density at radius 1 is 1.29 bits per heavy atom. The average Bonchev–Trinajstić information content (AvgIpc) is 2.76. The molecular formula is C13H20ClNO2. The predicted octanol–water partition coefficient (Wildman–Crippen LogP) is 3.42. The van der Waals surface area contributed by atoms with Gasteiger partial charge in [0.25, 0.3) is 0 Å². The normalized spacial score (nSPS) is 14.2. The second kappa shape index (κ2) is 6.72. The highest BCUT2D eigenvalue weighted by Gasteiger charge is 2.20. The predicted molar refractivity (Wildman–Crippen MR) is 70.9 cm³/mol. The van der Waals surface area contributed by atoms with E-state index in [1.807, 2.05) is 18.2 Å². The number of fused-ring (bicyclic) bond motifs is 1. The van der Waals surface area contributed by atoms with Crippen molar-refractivity contribution in [3.8, 4) is 11.5 Å². The van der Waals surface area contributed by atoms with Crippen LogP contribution in [-0.4, -0.2) is 6.79 Å². The van der Waals surface area contributed by atoms with Crippen molar-refractivity contribution in [2.75, 3.05) is 6.79 Å². The molecule has 1 aliphatic rings. The summed E-state index contributed by atoms with van der Waals surface area (Å²) in [7, 11) is 0. The van der Waals surface area contributed by atoms with Crippen LogP contribution in [0, 0.1) is 0 Å². The van der Waals surface area contributed by atoms with Gasteiger partial charge in [0, 0.05) is 11.6 Å². The Morgan fingerprint density at radius 3 is 2.88 bits per heavy atom. The van der Waals surface area contributed by atoms with E-state index < -0.39 is 0 Å². The van der Waals surface area contributed by atoms with Crippen molar-refractivity contribution < 1.29 is 9.47 Å². The third-order valence-electron chi connectivity index (χ3n) is 2.95. The van der Waals surface area contributed by atoms with Crippen molar-refractivity contribution in [1.82, 2.24) is 0 Å². The van der Waals surface area contributed by atoms with Crippen LogP contribution in [0.4, 0.5) is 0 Å². The molecule has 2 N–H and O–H groups in total. The number of hydrogen-bond acceptors (Lipinski definition) is 3. The van der Waals surface area contributed by atoms with Gasteiger partial charge in [0.1, 0.15) is 0 Å². The number of rotatable bonds is 5. The molecule has 1 aliphatic heterocycles. The quantitative estimate of drug-likeness (QED) is 0.822. The van der Waals surface area contributed by atoms with Crippen LogP contribution in [-0.2, 0) is 0 Å². The molecule has 0 saturated carbocycles. The maximum Gasteiger partial charge on any atom is 0.231 e. The number of halogens is 1. The molecule has 1 heterocycles. The lowest BCUT2D eigenvalue weighted by molar-refractivity contribution is 0.173. The van der Waals surface area contributed by atoms with E-state index in [-0.39, 0.29) is 18.4 Å². The summed E-state index contributed by atoms with van der Waals surface area (Å²) in [5.74, 6) is 1.66. The molecule has 0 saturated heterocycles. The number of ether oxygens (including phenoxy) is 2. The first-order valence-electron chi connectivity index (χ1n) is 5.97. The minimum absolute atomic E-state index is 0. The van der Waals surface area contributed by atoms with Gasteiger partial charge in [-0.1, -0.05) is 38.3 Å². The molecule has 0 aromatic heterocycles. The highest BCUT2D eigenvalue weighted by atomic mass is 35.5. The van der Waals surface area contributed by atoms with Crippen LogP contribution in [0.5, 0.6) is 11.5 Å². The molecule has 17 heavy (non-hydrogen) atoms. The fraction of sp³-hybridized carbons (Fsp3) is 0.538. The van der Waals surface area contributed by atoms with E-state index in [1.54, 1.807) is 0 Å². The van der Waals surface area contributed by atoms with Crippen molar-refractivity contribution in [3.63, 3.8) is 0 Å². The number of benzene rings is 1. The Kier molecular flexibility index (Phi) is 5.59. The van der Waals surface area contributed by atoms with Crippen LogP contribution in [0.25, 0.3) is 0 Å². The molecule has 0 bridgehead atoms. The van der Waals surface area contributed by atoms with Gasteiger partial charge in [0.05, 0.1) is 0 Å². The first-order valence-corrected chi connectivity index (χ1v) is 5.97. The molecule has 1 aromatic rings. The number of hydrogen-bond donors (Lipinski definition) is 1. The van der Waals surface area contributed by atoms with E-state index in [2.05, 4.69) is 6.92 Å². The standard InChI is InChI=1S/C13H19NO2.ClH/c1-2-3-4-7-11(14)10-6-5-8-12-13(10)16-9-15-12;/h5-6,8,11H,2-4,7,9,14H2,1H3;1H/t11-;/m0./s1. The third kappa shape index (κ3) is 3.27. The van der Waals surface area contributed by atoms with E-state index in [9.17, 15) is 0 Å². The number of unbranched alkanes of at least 4 members (excludes halogenated alkanes) is 2. The van der Waals surface area contributed by atoms with Gasteiger partial charge in [0.2, 0.25) is 6.79 Å². The summed E-state index contributed by atoms with van der Waals surface area (Å²) in [5.41, 5.74) is 7.25. The molecule has 4 heteroatoms. The molecular weight excluding hydrogens is 238 g/mol. The molecule has 0 spiro atoms. The number of para-hydroxylation sites is 1. The van der Waals surface area contributed by atoms with Crippen LogP contribution in [0.15, 0.2) is 18.2 Å². The zero-order valence-electron chi connectivity index (χ0n) is 10.1. The van der Waals surface area contributed by atoms with Gasteiger partial charge in [-0.05, 0) is 12.5 Å². The molecule has 96 valence electrons. The lowest BCUT2D eigenvalue weighted by Gasteiger charge is -2.13. The summed E-state index contributed by atoms with van der Waals surface area (Å²) in [6.45, 7) is 2.51. The van der Waals surface area contributed by atoms with Crippen LogP contribution in [0.2, 0.25) is 0 Å². The molecule has 2 rings (SSSR count). The van der Waals surface area contributed by atoms with Crippen LogP contribution in [0.1, 0.15) is 44.2 Å². The monoisotopic (exact) mass is 257 g/mol. The fourth-order valence-electron chi connectivity index (χ4n) is 2.01. The first-order chi connectivity index (χ1) is 7.83. The summed E-state index contributed by atoms with van der Waals surface area (Å²) in [6.07, 6.45) is 4.63. The maximum atomic E-state index is 6.17. The highest BCUT2D eigenvalue weighted by Crippen LogP contribution is 2.38. The minimum Gasteiger partial charge on any atom is -0.454 e. The van der Waals surface area contributed by atoms with Crippen molar-refractivity contribution in [2.45, 2.75) is 38.6 Å². The van der Waals surface area contributed by atoms with E-state index >= 15 is 0 Å². The van der Waals surface area contributed by atoms with Crippen molar-refractivity contribution in [3.05, 3.63) is 23.8 Å². The Bertz CT molecular complexity index is 357. The SMILES string of the molecule is CCCCC[C@H](N)c1cccc2c1OCO2.Cl. The molecule has 0 aliphatic carbocycles. The van der Waals surface area contributed by atoms with Gasteiger partial charge < -0.3 is 15.2 Å². The van der Waals surface area contributed by atoms with Gasteiger partial charge in [-0.2, -0.15) is 0 Å². The van der Waals surface area contributed by atoms with Crippen LogP contribution < -0.4 is 15.2 Å². The maximum absolute atomic E-state index is 6.17. The van der Waals surface area contributed by atoms with E-state index in [0.29, 0.717) is 6.79 Å². The molecule has 0 unspecified atom stereocenters. The first kappa shape index (κ1) is 14.1. The smallest absolute Gasteiger partial charge is 0.231 e. The second-order valence-electron chi connectivity index (χ2n) is 4.18. The highest BCUT2D eigenvalue weighted by molar-refractivity contribution is 5.85. The zero-order chi connectivity index (χ0) is 11.4. The molecule has 0 fully saturated rings. The zero-order valence-corrected chi connectivity index (χ0v) is 11.0. The largest absolute Gasteiger partial charge is 0.454 e. The molecule has 3 nitrogen and oxygen atoms in total. The Morgan fingerprint density at radius 2 is 2.12 bits per heavy atom. The topological polar surface area (TPSA) is 44.5 Å². The minimum atomic E-state index is 0. The van der Waals surface area contributed by atoms with Crippen molar-refractivity contribution >= 4 is 12.4 Å². The summed E-state index contributed by atoms with van der Waals surface area (Å²) in [5, 5.41) is 0. The van der Waals surface area contributed by atoms with Gasteiger partial charge in [-0.15, -0.1) is 12.4 Å². The lowest BCUT2D eigenvalue weighted by Crippen LogP contribution is -2.11. The molecule has 0 amide bonds. The summed E-state index contributed by atoms with van der Waals surface area (Å²) in [6, 6.07) is 5.99. The van der Waals surface area contributed by atoms with E-state index in [4.69, 9.17) is 15.2 Å². The molecule has 0 radical (unpaired) electrons. The lowest BCUT2D eigenvalue weighted by atomic mass is 10.00. The summed E-state index contributed by atoms with van der Waals surface area (Å²) >= 11 is 0. The Hall–Kier alpha value is -0.930. The van der Waals surface area contributed by atoms with Gasteiger partial charge in [0.15, 0.2) is 11.5 Å². The third-order valence-corrected chi connectivity index (χ3v) is 2.95. The Balaban J connectivity index is 0.00000144. The molecule has 1 aromatic carbocycles. The summed E-state index contributed by atoms with van der Waals surface area (Å²) in [4.78, 5) is 0. The van der Waals surface area contributed by atoms with Crippen LogP contribution >= 0.6 is 12.4 Å². The van der Waals surface area contributed by atoms with E-state index in [1.165, 1.54) is 19.3 Å². The molecule has 1 atom stereocenters.